The molecule has 0 amide bonds. The van der Waals surface area contributed by atoms with Gasteiger partial charge < -0.3 is 32.0 Å². The van der Waals surface area contributed by atoms with Crippen molar-refractivity contribution in [3.05, 3.63) is 17.0 Å². The van der Waals surface area contributed by atoms with E-state index in [0.29, 0.717) is 4.78 Å². The van der Waals surface area contributed by atoms with Crippen molar-refractivity contribution >= 4 is 23.2 Å². The monoisotopic (exact) mass is 214 g/mol. The lowest BCUT2D eigenvalue weighted by molar-refractivity contribution is 0.427. The molecule has 0 aliphatic heterocycles. The molecule has 6 nitrogen and oxygen atoms in total. The van der Waals surface area contributed by atoms with E-state index in [1.54, 1.807) is 6.07 Å². The molecule has 1 heterocycles. The molecular weight excluding hydrogens is 199 g/mol. The zero-order valence-electron chi connectivity index (χ0n) is 7.03. The summed E-state index contributed by atoms with van der Waals surface area (Å²) >= 11 is 1.36. The second-order valence-electron chi connectivity index (χ2n) is 1.90. The average Bonchev–Trinajstić information content (AvgIpc) is 2.14. The van der Waals surface area contributed by atoms with Crippen LogP contribution in [0.15, 0.2) is 11.4 Å². The lowest BCUT2D eigenvalue weighted by Gasteiger charge is -1.87. The molecule has 1 aromatic heterocycles. The summed E-state index contributed by atoms with van der Waals surface area (Å²) in [6.45, 7) is 1.92. The molecule has 0 atom stereocenters. The Balaban J connectivity index is -0.000000101. The Bertz CT molecular complexity index is 203. The molecular formula is C5H15BO6S. The van der Waals surface area contributed by atoms with Gasteiger partial charge in [0, 0.05) is 4.78 Å². The summed E-state index contributed by atoms with van der Waals surface area (Å²) in [7, 11) is -1.30. The molecule has 0 unspecified atom stereocenters. The van der Waals surface area contributed by atoms with Gasteiger partial charge in [-0.05, 0) is 23.9 Å². The molecule has 8 heteroatoms. The molecule has 1 rings (SSSR count). The lowest BCUT2D eigenvalue weighted by Crippen LogP contribution is -2.26. The fourth-order valence-electron chi connectivity index (χ4n) is 0.589. The summed E-state index contributed by atoms with van der Waals surface area (Å²) in [5.74, 6) is 0. The van der Waals surface area contributed by atoms with Gasteiger partial charge >= 0.3 is 7.12 Å². The summed E-state index contributed by atoms with van der Waals surface area (Å²) in [6.07, 6.45) is 0. The number of hydrogen-bond acceptors (Lipinski definition) is 3. The van der Waals surface area contributed by atoms with E-state index in [1.165, 1.54) is 11.3 Å². The molecule has 1 aromatic rings. The van der Waals surface area contributed by atoms with Gasteiger partial charge in [-0.25, -0.2) is 0 Å². The third-order valence-electron chi connectivity index (χ3n) is 1.01. The third kappa shape index (κ3) is 6.67. The van der Waals surface area contributed by atoms with Gasteiger partial charge in [0.15, 0.2) is 0 Å². The third-order valence-corrected chi connectivity index (χ3v) is 2.10. The Kier molecular flexibility index (Phi) is 16.9. The van der Waals surface area contributed by atoms with E-state index in [2.05, 4.69) is 0 Å². The minimum atomic E-state index is -1.30. The number of aryl methyl sites for hydroxylation is 1. The highest BCUT2D eigenvalue weighted by atomic mass is 32.1. The van der Waals surface area contributed by atoms with Crippen LogP contribution in [0, 0.1) is 6.92 Å². The highest BCUT2D eigenvalue weighted by Crippen LogP contribution is 2.01. The van der Waals surface area contributed by atoms with Crippen LogP contribution >= 0.6 is 11.3 Å². The van der Waals surface area contributed by atoms with E-state index in [4.69, 9.17) is 10.0 Å². The van der Waals surface area contributed by atoms with Crippen molar-refractivity contribution in [2.75, 3.05) is 0 Å². The first-order valence-corrected chi connectivity index (χ1v) is 3.49. The van der Waals surface area contributed by atoms with Crippen LogP contribution in [-0.2, 0) is 0 Å². The van der Waals surface area contributed by atoms with Crippen LogP contribution in [0.3, 0.4) is 0 Å². The van der Waals surface area contributed by atoms with Crippen molar-refractivity contribution < 1.29 is 32.0 Å². The van der Waals surface area contributed by atoms with Gasteiger partial charge in [0.05, 0.1) is 0 Å². The van der Waals surface area contributed by atoms with Crippen molar-refractivity contribution in [3.8, 4) is 0 Å². The van der Waals surface area contributed by atoms with E-state index in [-0.39, 0.29) is 21.9 Å². The maximum absolute atomic E-state index is 8.60. The van der Waals surface area contributed by atoms with Gasteiger partial charge in [-0.15, -0.1) is 0 Å². The normalized spacial score (nSPS) is 6.69. The molecule has 80 valence electrons. The Morgan fingerprint density at radius 3 is 1.77 bits per heavy atom. The van der Waals surface area contributed by atoms with Gasteiger partial charge in [-0.1, -0.05) is 0 Å². The maximum Gasteiger partial charge on any atom is 0.499 e. The molecule has 0 saturated heterocycles. The minimum Gasteiger partial charge on any atom is -0.423 e. The topological polar surface area (TPSA) is 166 Å². The van der Waals surface area contributed by atoms with Crippen molar-refractivity contribution in [3.63, 3.8) is 0 Å². The Morgan fingerprint density at radius 2 is 1.62 bits per heavy atom. The van der Waals surface area contributed by atoms with Crippen molar-refractivity contribution in [1.82, 2.24) is 0 Å². The van der Waals surface area contributed by atoms with Crippen LogP contribution in [0.25, 0.3) is 0 Å². The zero-order chi connectivity index (χ0) is 6.85. The Labute approximate surface area is 79.8 Å². The molecule has 0 spiro atoms. The molecule has 10 N–H and O–H groups in total. The largest absolute Gasteiger partial charge is 0.499 e. The zero-order valence-corrected chi connectivity index (χ0v) is 7.85. The smallest absolute Gasteiger partial charge is 0.423 e. The first kappa shape index (κ1) is 22.9. The summed E-state index contributed by atoms with van der Waals surface area (Å²) in [5, 5.41) is 19.1. The second kappa shape index (κ2) is 9.61. The summed E-state index contributed by atoms with van der Waals surface area (Å²) < 4.78 is 0.604. The van der Waals surface area contributed by atoms with Crippen LogP contribution in [0.1, 0.15) is 5.56 Å². The van der Waals surface area contributed by atoms with E-state index >= 15 is 0 Å². The maximum atomic E-state index is 8.60. The van der Waals surface area contributed by atoms with E-state index in [9.17, 15) is 0 Å². The summed E-state index contributed by atoms with van der Waals surface area (Å²) in [4.78, 5) is 0. The van der Waals surface area contributed by atoms with Crippen LogP contribution < -0.4 is 4.78 Å². The van der Waals surface area contributed by atoms with E-state index in [0.717, 1.165) is 5.56 Å². The van der Waals surface area contributed by atoms with Gasteiger partial charge in [0.25, 0.3) is 0 Å². The van der Waals surface area contributed by atoms with Crippen molar-refractivity contribution in [2.45, 2.75) is 6.92 Å². The van der Waals surface area contributed by atoms with Gasteiger partial charge in [-0.2, -0.15) is 11.3 Å². The van der Waals surface area contributed by atoms with Crippen LogP contribution in [0.5, 0.6) is 0 Å². The Hall–Kier alpha value is -0.475. The fraction of sp³-hybridized carbons (Fsp3) is 0.200. The Morgan fingerprint density at radius 1 is 1.15 bits per heavy atom. The average molecular weight is 214 g/mol. The predicted octanol–water partition coefficient (Wildman–Crippen LogP) is -3.56. The number of hydrogen-bond donors (Lipinski definition) is 2. The molecule has 0 aliphatic carbocycles. The highest BCUT2D eigenvalue weighted by molar-refractivity contribution is 7.20. The standard InChI is InChI=1S/C5H7BO2S.4H2O/c1-4-2-5(6(7)8)9-3-4;;;;/h2-3,7-8H,1H3;4*1H2. The minimum absolute atomic E-state index is 0. The lowest BCUT2D eigenvalue weighted by atomic mass is 9.89. The van der Waals surface area contributed by atoms with E-state index < -0.39 is 7.12 Å². The molecule has 0 aliphatic rings. The summed E-state index contributed by atoms with van der Waals surface area (Å²) in [5.41, 5.74) is 1.07. The van der Waals surface area contributed by atoms with Crippen LogP contribution in [0.2, 0.25) is 0 Å². The predicted molar refractivity (Wildman–Crippen MR) is 53.3 cm³/mol. The second-order valence-corrected chi connectivity index (χ2v) is 2.84. The molecule has 0 aromatic carbocycles. The van der Waals surface area contributed by atoms with Crippen molar-refractivity contribution in [2.24, 2.45) is 0 Å². The van der Waals surface area contributed by atoms with Crippen LogP contribution in [-0.4, -0.2) is 39.1 Å². The van der Waals surface area contributed by atoms with Crippen LogP contribution in [0.4, 0.5) is 0 Å². The fourth-order valence-corrected chi connectivity index (χ4v) is 1.35. The quantitative estimate of drug-likeness (QED) is 0.462. The van der Waals surface area contributed by atoms with Crippen molar-refractivity contribution in [1.29, 1.82) is 0 Å². The molecule has 0 fully saturated rings. The highest BCUT2D eigenvalue weighted by Gasteiger charge is 2.11. The molecule has 0 radical (unpaired) electrons. The van der Waals surface area contributed by atoms with Gasteiger partial charge in [0.1, 0.15) is 0 Å². The number of rotatable bonds is 1. The molecule has 13 heavy (non-hydrogen) atoms. The van der Waals surface area contributed by atoms with Gasteiger partial charge in [-0.3, -0.25) is 0 Å². The first-order chi connectivity index (χ1) is 4.20. The first-order valence-electron chi connectivity index (χ1n) is 2.61. The van der Waals surface area contributed by atoms with Gasteiger partial charge in [0.2, 0.25) is 0 Å². The molecule has 0 bridgehead atoms. The summed E-state index contributed by atoms with van der Waals surface area (Å²) in [6, 6.07) is 1.76. The van der Waals surface area contributed by atoms with E-state index in [1.807, 2.05) is 12.3 Å². The SMILES string of the molecule is Cc1csc(B(O)O)c1.O.O.O.O. The molecule has 0 saturated carbocycles. The number of thiophene rings is 1.